The van der Waals surface area contributed by atoms with Crippen molar-refractivity contribution in [1.82, 2.24) is 15.2 Å². The second-order valence-electron chi connectivity index (χ2n) is 4.70. The third kappa shape index (κ3) is 3.56. The maximum atomic E-state index is 9.40. The van der Waals surface area contributed by atoms with Crippen LogP contribution in [0.4, 0.5) is 5.82 Å². The number of anilines is 1. The molecule has 0 bridgehead atoms. The Morgan fingerprint density at radius 2 is 2.10 bits per heavy atom. The van der Waals surface area contributed by atoms with Crippen LogP contribution < -0.4 is 5.32 Å². The summed E-state index contributed by atoms with van der Waals surface area (Å²) in [6, 6.07) is 2.26. The number of thiazole rings is 1. The summed E-state index contributed by atoms with van der Waals surface area (Å²) in [6.45, 7) is 6.76. The van der Waals surface area contributed by atoms with E-state index in [4.69, 9.17) is 0 Å². The molecule has 5 nitrogen and oxygen atoms in total. The number of hydrogen-bond acceptors (Lipinski definition) is 6. The topological polar surface area (TPSA) is 74.5 Å². The number of aromatic nitrogens is 3. The third-order valence-electron chi connectivity index (χ3n) is 3.30. The largest absolute Gasteiger partial charge is 0.367 e. The van der Waals surface area contributed by atoms with E-state index >= 15 is 0 Å². The van der Waals surface area contributed by atoms with Gasteiger partial charge in [0.15, 0.2) is 5.82 Å². The van der Waals surface area contributed by atoms with E-state index in [9.17, 15) is 5.26 Å². The number of hydrogen-bond donors (Lipinski definition) is 1. The Kier molecular flexibility index (Phi) is 5.23. The fourth-order valence-corrected chi connectivity index (χ4v) is 2.90. The lowest BCUT2D eigenvalue weighted by Gasteiger charge is -2.11. The predicted octanol–water partition coefficient (Wildman–Crippen LogP) is 2.89. The number of nitriles is 1. The molecule has 110 valence electrons. The lowest BCUT2D eigenvalue weighted by molar-refractivity contribution is 0.863. The fourth-order valence-electron chi connectivity index (χ4n) is 2.25. The zero-order valence-electron chi connectivity index (χ0n) is 12.6. The van der Waals surface area contributed by atoms with Crippen LogP contribution in [0.25, 0.3) is 0 Å². The van der Waals surface area contributed by atoms with Crippen LogP contribution in [0.15, 0.2) is 5.38 Å². The van der Waals surface area contributed by atoms with Gasteiger partial charge in [0.2, 0.25) is 0 Å². The van der Waals surface area contributed by atoms with E-state index in [1.165, 1.54) is 0 Å². The van der Waals surface area contributed by atoms with Crippen LogP contribution in [0.5, 0.6) is 0 Å². The van der Waals surface area contributed by atoms with Gasteiger partial charge < -0.3 is 5.32 Å². The number of aryl methyl sites for hydroxylation is 2. The molecule has 2 aromatic rings. The van der Waals surface area contributed by atoms with Crippen molar-refractivity contribution in [3.63, 3.8) is 0 Å². The first kappa shape index (κ1) is 15.4. The highest BCUT2D eigenvalue weighted by Gasteiger charge is 2.13. The van der Waals surface area contributed by atoms with E-state index in [-0.39, 0.29) is 0 Å². The minimum Gasteiger partial charge on any atom is -0.367 e. The molecule has 2 rings (SSSR count). The van der Waals surface area contributed by atoms with Gasteiger partial charge in [0.1, 0.15) is 11.6 Å². The molecule has 0 radical (unpaired) electrons. The minimum absolute atomic E-state index is 0.582. The summed E-state index contributed by atoms with van der Waals surface area (Å²) < 4.78 is 0. The summed E-state index contributed by atoms with van der Waals surface area (Å²) >= 11 is 1.65. The summed E-state index contributed by atoms with van der Waals surface area (Å²) in [6.07, 6.45) is 2.40. The van der Waals surface area contributed by atoms with Crippen molar-refractivity contribution in [3.8, 4) is 6.07 Å². The number of nitrogens with one attached hydrogen (secondary N) is 1. The predicted molar refractivity (Wildman–Crippen MR) is 84.5 cm³/mol. The molecule has 0 fully saturated rings. The van der Waals surface area contributed by atoms with Crippen molar-refractivity contribution in [2.45, 2.75) is 40.0 Å². The fraction of sp³-hybridized carbons (Fsp3) is 0.467. The molecule has 0 aromatic carbocycles. The Labute approximate surface area is 129 Å². The summed E-state index contributed by atoms with van der Waals surface area (Å²) in [4.78, 5) is 4.42. The molecule has 0 saturated heterocycles. The number of rotatable bonds is 6. The van der Waals surface area contributed by atoms with Crippen LogP contribution in [0.3, 0.4) is 0 Å². The smallest absolute Gasteiger partial charge is 0.166 e. The van der Waals surface area contributed by atoms with Crippen LogP contribution in [0.1, 0.15) is 41.4 Å². The molecule has 0 saturated carbocycles. The monoisotopic (exact) mass is 301 g/mol. The molecule has 0 atom stereocenters. The summed E-state index contributed by atoms with van der Waals surface area (Å²) in [5.74, 6) is 0.582. The first-order valence-corrected chi connectivity index (χ1v) is 8.00. The molecule has 1 N–H and O–H groups in total. The van der Waals surface area contributed by atoms with Gasteiger partial charge in [0.25, 0.3) is 0 Å². The van der Waals surface area contributed by atoms with Gasteiger partial charge in [-0.25, -0.2) is 4.98 Å². The molecule has 6 heteroatoms. The van der Waals surface area contributed by atoms with E-state index in [2.05, 4.69) is 31.9 Å². The maximum absolute atomic E-state index is 9.40. The second-order valence-corrected chi connectivity index (χ2v) is 5.76. The summed E-state index contributed by atoms with van der Waals surface area (Å²) in [5, 5.41) is 24.1. The normalized spacial score (nSPS) is 10.4. The van der Waals surface area contributed by atoms with Gasteiger partial charge in [-0.1, -0.05) is 13.8 Å². The van der Waals surface area contributed by atoms with Gasteiger partial charge in [-0.3, -0.25) is 0 Å². The zero-order valence-corrected chi connectivity index (χ0v) is 13.4. The van der Waals surface area contributed by atoms with Crippen LogP contribution in [0.2, 0.25) is 0 Å². The average molecular weight is 301 g/mol. The molecule has 0 amide bonds. The van der Waals surface area contributed by atoms with Crippen molar-refractivity contribution < 1.29 is 0 Å². The van der Waals surface area contributed by atoms with Gasteiger partial charge in [-0.05, 0) is 25.3 Å². The van der Waals surface area contributed by atoms with E-state index in [1.807, 2.05) is 20.8 Å². The maximum Gasteiger partial charge on any atom is 0.166 e. The Balaban J connectivity index is 2.11. The minimum atomic E-state index is 0.582. The van der Waals surface area contributed by atoms with Crippen molar-refractivity contribution in [1.29, 1.82) is 5.26 Å². The van der Waals surface area contributed by atoms with Crippen LogP contribution in [-0.2, 0) is 19.3 Å². The third-order valence-corrected chi connectivity index (χ3v) is 4.12. The molecule has 2 heterocycles. The van der Waals surface area contributed by atoms with Crippen molar-refractivity contribution in [2.75, 3.05) is 11.9 Å². The molecule has 2 aromatic heterocycles. The Morgan fingerprint density at radius 3 is 2.67 bits per heavy atom. The molecule has 0 spiro atoms. The van der Waals surface area contributed by atoms with Crippen LogP contribution in [-0.4, -0.2) is 21.7 Å². The first-order chi connectivity index (χ1) is 10.2. The second kappa shape index (κ2) is 7.14. The number of nitrogens with zero attached hydrogens (tertiary/aromatic N) is 4. The first-order valence-electron chi connectivity index (χ1n) is 7.12. The van der Waals surface area contributed by atoms with E-state index in [0.29, 0.717) is 17.9 Å². The Hall–Kier alpha value is -2.00. The van der Waals surface area contributed by atoms with Crippen LogP contribution in [0, 0.1) is 18.3 Å². The molecule has 0 aliphatic rings. The van der Waals surface area contributed by atoms with Crippen molar-refractivity contribution in [3.05, 3.63) is 32.9 Å². The Morgan fingerprint density at radius 1 is 1.29 bits per heavy atom. The highest BCUT2D eigenvalue weighted by atomic mass is 32.1. The van der Waals surface area contributed by atoms with E-state index < -0.39 is 0 Å². The van der Waals surface area contributed by atoms with E-state index in [1.54, 1.807) is 11.3 Å². The lowest BCUT2D eigenvalue weighted by Crippen LogP contribution is -2.12. The molecular formula is C15H19N5S. The van der Waals surface area contributed by atoms with Crippen molar-refractivity contribution >= 4 is 17.2 Å². The molecule has 0 aliphatic carbocycles. The van der Waals surface area contributed by atoms with E-state index in [0.717, 1.165) is 41.2 Å². The Bertz CT molecular complexity index is 657. The lowest BCUT2D eigenvalue weighted by atomic mass is 10.0. The van der Waals surface area contributed by atoms with Gasteiger partial charge in [0.05, 0.1) is 16.4 Å². The SMILES string of the molecule is CCc1nnc(NCCc2csc(C)n2)c(C#N)c1CC. The van der Waals surface area contributed by atoms with Gasteiger partial charge >= 0.3 is 0 Å². The molecular weight excluding hydrogens is 282 g/mol. The molecule has 21 heavy (non-hydrogen) atoms. The average Bonchev–Trinajstić information content (AvgIpc) is 2.91. The molecule has 0 unspecified atom stereocenters. The zero-order chi connectivity index (χ0) is 15.2. The highest BCUT2D eigenvalue weighted by molar-refractivity contribution is 7.09. The quantitative estimate of drug-likeness (QED) is 0.888. The highest BCUT2D eigenvalue weighted by Crippen LogP contribution is 2.20. The molecule has 0 aliphatic heterocycles. The van der Waals surface area contributed by atoms with Crippen molar-refractivity contribution in [2.24, 2.45) is 0 Å². The standard InChI is InChI=1S/C15H19N5S/c1-4-12-13(8-16)15(20-19-14(12)5-2)17-7-6-11-9-21-10(3)18-11/h9H,4-7H2,1-3H3,(H,17,20). The van der Waals surface area contributed by atoms with Crippen LogP contribution >= 0.6 is 11.3 Å². The summed E-state index contributed by atoms with van der Waals surface area (Å²) in [7, 11) is 0. The van der Waals surface area contributed by atoms with Gasteiger partial charge in [-0.2, -0.15) is 10.4 Å². The van der Waals surface area contributed by atoms with Gasteiger partial charge in [0, 0.05) is 18.3 Å². The van der Waals surface area contributed by atoms with Gasteiger partial charge in [-0.15, -0.1) is 16.4 Å². The summed E-state index contributed by atoms with van der Waals surface area (Å²) in [5.41, 5.74) is 3.60.